The van der Waals surface area contributed by atoms with Crippen molar-refractivity contribution in [3.05, 3.63) is 58.4 Å². The maximum absolute atomic E-state index is 12.3. The van der Waals surface area contributed by atoms with Gasteiger partial charge >= 0.3 is 0 Å². The number of nitrogens with two attached hydrogens (primary N) is 1. The minimum atomic E-state index is -3.81. The first kappa shape index (κ1) is 18.9. The number of benzene rings is 1. The van der Waals surface area contributed by atoms with Crippen LogP contribution in [0.3, 0.4) is 0 Å². The number of sulfonamides is 1. The van der Waals surface area contributed by atoms with Crippen molar-refractivity contribution < 1.29 is 13.2 Å². The highest BCUT2D eigenvalue weighted by Crippen LogP contribution is 2.28. The Morgan fingerprint density at radius 3 is 2.56 bits per heavy atom. The first-order valence-corrected chi connectivity index (χ1v) is 10.7. The molecule has 2 heterocycles. The minimum absolute atomic E-state index is 0.0693. The third kappa shape index (κ3) is 4.66. The lowest BCUT2D eigenvalue weighted by Gasteiger charge is -2.05. The zero-order valence-electron chi connectivity index (χ0n) is 13.6. The van der Waals surface area contributed by atoms with Crippen molar-refractivity contribution in [3.8, 4) is 16.0 Å². The number of hydrogen-bond acceptors (Lipinski definition) is 7. The average Bonchev–Trinajstić information content (AvgIpc) is 3.30. The SMILES string of the molecule is N#CC(=Cc1csc(-c2cccs2)n1)C(=O)Nc1ccc(S(N)(=O)=O)cc1. The molecule has 0 aliphatic carbocycles. The highest BCUT2D eigenvalue weighted by Gasteiger charge is 2.13. The van der Waals surface area contributed by atoms with E-state index in [0.717, 1.165) is 9.88 Å². The summed E-state index contributed by atoms with van der Waals surface area (Å²) in [6.45, 7) is 0. The van der Waals surface area contributed by atoms with Gasteiger partial charge in [-0.3, -0.25) is 4.79 Å². The molecule has 3 rings (SSSR count). The van der Waals surface area contributed by atoms with E-state index in [-0.39, 0.29) is 10.5 Å². The molecule has 136 valence electrons. The number of anilines is 1. The van der Waals surface area contributed by atoms with Crippen LogP contribution in [0.15, 0.2) is 57.6 Å². The molecular weight excluding hydrogens is 404 g/mol. The van der Waals surface area contributed by atoms with Crippen LogP contribution in [-0.2, 0) is 14.8 Å². The fraction of sp³-hybridized carbons (Fsp3) is 0. The molecule has 7 nitrogen and oxygen atoms in total. The lowest BCUT2D eigenvalue weighted by Crippen LogP contribution is -2.14. The molecule has 0 spiro atoms. The number of hydrogen-bond donors (Lipinski definition) is 2. The van der Waals surface area contributed by atoms with Crippen LogP contribution in [0.4, 0.5) is 5.69 Å². The summed E-state index contributed by atoms with van der Waals surface area (Å²) < 4.78 is 22.5. The standard InChI is InChI=1S/C17H12N4O3S3/c18-9-11(8-13-10-26-17(21-13)15-2-1-7-25-15)16(22)20-12-3-5-14(6-4-12)27(19,23)24/h1-8,10H,(H,20,22)(H2,19,23,24). The number of aromatic nitrogens is 1. The van der Waals surface area contributed by atoms with Gasteiger partial charge in [0.05, 0.1) is 15.5 Å². The number of carbonyl (C=O) groups excluding carboxylic acids is 1. The lowest BCUT2D eigenvalue weighted by atomic mass is 10.2. The molecule has 0 saturated heterocycles. The predicted molar refractivity (Wildman–Crippen MR) is 105 cm³/mol. The molecule has 10 heteroatoms. The van der Waals surface area contributed by atoms with Crippen LogP contribution < -0.4 is 10.5 Å². The van der Waals surface area contributed by atoms with Gasteiger partial charge in [-0.1, -0.05) is 6.07 Å². The number of nitriles is 1. The average molecular weight is 417 g/mol. The van der Waals surface area contributed by atoms with Gasteiger partial charge in [0.15, 0.2) is 0 Å². The van der Waals surface area contributed by atoms with Crippen LogP contribution in [0.2, 0.25) is 0 Å². The second-order valence-corrected chi connectivity index (χ2v) is 8.62. The normalized spacial score (nSPS) is 11.8. The number of carbonyl (C=O) groups is 1. The van der Waals surface area contributed by atoms with Crippen molar-refractivity contribution in [1.29, 1.82) is 5.26 Å². The summed E-state index contributed by atoms with van der Waals surface area (Å²) in [6, 6.07) is 11.0. The fourth-order valence-corrected chi connectivity index (χ4v) is 4.20. The van der Waals surface area contributed by atoms with Crippen LogP contribution in [0.1, 0.15) is 5.69 Å². The lowest BCUT2D eigenvalue weighted by molar-refractivity contribution is -0.112. The summed E-state index contributed by atoms with van der Waals surface area (Å²) in [5.74, 6) is -0.619. The second kappa shape index (κ2) is 7.81. The van der Waals surface area contributed by atoms with Gasteiger partial charge in [0, 0.05) is 11.1 Å². The molecule has 3 aromatic rings. The Bertz CT molecular complexity index is 1140. The predicted octanol–water partition coefficient (Wildman–Crippen LogP) is 3.06. The van der Waals surface area contributed by atoms with Gasteiger partial charge in [0.25, 0.3) is 5.91 Å². The molecule has 0 atom stereocenters. The van der Waals surface area contributed by atoms with E-state index in [4.69, 9.17) is 5.14 Å². The Balaban J connectivity index is 1.76. The molecule has 1 aromatic carbocycles. The van der Waals surface area contributed by atoms with Gasteiger partial charge in [-0.15, -0.1) is 22.7 Å². The molecule has 0 fully saturated rings. The van der Waals surface area contributed by atoms with Gasteiger partial charge in [0.1, 0.15) is 16.6 Å². The number of thiazole rings is 1. The van der Waals surface area contributed by atoms with E-state index in [9.17, 15) is 18.5 Å². The molecule has 0 saturated carbocycles. The van der Waals surface area contributed by atoms with Crippen molar-refractivity contribution in [2.75, 3.05) is 5.32 Å². The molecule has 1 amide bonds. The van der Waals surface area contributed by atoms with Crippen molar-refractivity contribution >= 4 is 50.4 Å². The summed E-state index contributed by atoms with van der Waals surface area (Å²) >= 11 is 2.98. The Morgan fingerprint density at radius 1 is 1.22 bits per heavy atom. The van der Waals surface area contributed by atoms with Crippen molar-refractivity contribution in [2.45, 2.75) is 4.90 Å². The third-order valence-electron chi connectivity index (χ3n) is 3.35. The molecule has 0 unspecified atom stereocenters. The van der Waals surface area contributed by atoms with Crippen LogP contribution in [0.25, 0.3) is 16.0 Å². The van der Waals surface area contributed by atoms with Crippen molar-refractivity contribution in [3.63, 3.8) is 0 Å². The van der Waals surface area contributed by atoms with Crippen LogP contribution >= 0.6 is 22.7 Å². The highest BCUT2D eigenvalue weighted by molar-refractivity contribution is 7.89. The minimum Gasteiger partial charge on any atom is -0.321 e. The monoisotopic (exact) mass is 416 g/mol. The van der Waals surface area contributed by atoms with Gasteiger partial charge < -0.3 is 5.32 Å². The van der Waals surface area contributed by atoms with E-state index in [1.165, 1.54) is 41.7 Å². The van der Waals surface area contributed by atoms with Crippen molar-refractivity contribution in [1.82, 2.24) is 4.98 Å². The van der Waals surface area contributed by atoms with E-state index in [1.807, 2.05) is 23.6 Å². The Labute approximate surface area is 163 Å². The molecule has 0 aliphatic rings. The number of rotatable bonds is 5. The van der Waals surface area contributed by atoms with E-state index >= 15 is 0 Å². The molecule has 2 aromatic heterocycles. The smallest absolute Gasteiger partial charge is 0.266 e. The van der Waals surface area contributed by atoms with Gasteiger partial charge in [-0.2, -0.15) is 5.26 Å². The van der Waals surface area contributed by atoms with E-state index < -0.39 is 15.9 Å². The first-order chi connectivity index (χ1) is 12.9. The molecule has 3 N–H and O–H groups in total. The fourth-order valence-electron chi connectivity index (χ4n) is 2.09. The van der Waals surface area contributed by atoms with Crippen LogP contribution in [0, 0.1) is 11.3 Å². The maximum atomic E-state index is 12.3. The number of nitrogens with zero attached hydrogens (tertiary/aromatic N) is 2. The van der Waals surface area contributed by atoms with E-state index in [0.29, 0.717) is 11.4 Å². The summed E-state index contributed by atoms with van der Waals surface area (Å²) in [5, 5.41) is 21.4. The number of thiophene rings is 1. The summed E-state index contributed by atoms with van der Waals surface area (Å²) in [5.41, 5.74) is 0.735. The van der Waals surface area contributed by atoms with E-state index in [2.05, 4.69) is 10.3 Å². The maximum Gasteiger partial charge on any atom is 0.266 e. The number of amides is 1. The topological polar surface area (TPSA) is 126 Å². The Morgan fingerprint density at radius 2 is 1.96 bits per heavy atom. The highest BCUT2D eigenvalue weighted by atomic mass is 32.2. The summed E-state index contributed by atoms with van der Waals surface area (Å²) in [4.78, 5) is 17.6. The quantitative estimate of drug-likeness (QED) is 0.488. The van der Waals surface area contributed by atoms with Crippen molar-refractivity contribution in [2.24, 2.45) is 5.14 Å². The van der Waals surface area contributed by atoms with E-state index in [1.54, 1.807) is 16.7 Å². The zero-order chi connectivity index (χ0) is 19.4. The molecular formula is C17H12N4O3S3. The molecule has 0 aliphatic heterocycles. The number of nitrogens with one attached hydrogen (secondary N) is 1. The summed E-state index contributed by atoms with van der Waals surface area (Å²) in [7, 11) is -3.81. The van der Waals surface area contributed by atoms with Gasteiger partial charge in [0.2, 0.25) is 10.0 Å². The third-order valence-corrected chi connectivity index (χ3v) is 6.18. The van der Waals surface area contributed by atoms with Gasteiger partial charge in [-0.05, 0) is 41.8 Å². The first-order valence-electron chi connectivity index (χ1n) is 7.42. The van der Waals surface area contributed by atoms with Crippen LogP contribution in [0.5, 0.6) is 0 Å². The second-order valence-electron chi connectivity index (χ2n) is 5.25. The Hall–Kier alpha value is -2.84. The largest absolute Gasteiger partial charge is 0.321 e. The Kier molecular flexibility index (Phi) is 5.48. The van der Waals surface area contributed by atoms with Crippen LogP contribution in [-0.4, -0.2) is 19.3 Å². The number of primary sulfonamides is 1. The zero-order valence-corrected chi connectivity index (χ0v) is 16.1. The van der Waals surface area contributed by atoms with Gasteiger partial charge in [-0.25, -0.2) is 18.5 Å². The molecule has 0 bridgehead atoms. The molecule has 27 heavy (non-hydrogen) atoms. The summed E-state index contributed by atoms with van der Waals surface area (Å²) in [6.07, 6.45) is 1.40. The molecule has 0 radical (unpaired) electrons.